The van der Waals surface area contributed by atoms with Crippen molar-refractivity contribution in [2.45, 2.75) is 32.6 Å². The first-order valence-electron chi connectivity index (χ1n) is 7.07. The van der Waals surface area contributed by atoms with Crippen LogP contribution in [0.1, 0.15) is 37.1 Å². The molecule has 1 aliphatic rings. The Kier molecular flexibility index (Phi) is 3.74. The molecule has 1 heterocycles. The van der Waals surface area contributed by atoms with Crippen molar-refractivity contribution in [1.29, 1.82) is 0 Å². The molecule has 1 fully saturated rings. The second kappa shape index (κ2) is 5.52. The Morgan fingerprint density at radius 2 is 1.90 bits per heavy atom. The summed E-state index contributed by atoms with van der Waals surface area (Å²) in [7, 11) is 0. The highest BCUT2D eigenvalue weighted by Crippen LogP contribution is 2.40. The number of hydrogen-bond acceptors (Lipinski definition) is 3. The van der Waals surface area contributed by atoms with Gasteiger partial charge in [0.2, 0.25) is 0 Å². The first-order chi connectivity index (χ1) is 9.69. The molecule has 0 aliphatic heterocycles. The molecule has 1 N–H and O–H groups in total. The van der Waals surface area contributed by atoms with E-state index >= 15 is 0 Å². The minimum Gasteiger partial charge on any atom is -0.370 e. The molecule has 1 aliphatic carbocycles. The van der Waals surface area contributed by atoms with E-state index in [1.807, 2.05) is 0 Å². The number of nitrogens with one attached hydrogen (secondary N) is 1. The summed E-state index contributed by atoms with van der Waals surface area (Å²) in [6, 6.07) is 8.32. The van der Waals surface area contributed by atoms with Gasteiger partial charge in [0.15, 0.2) is 0 Å². The molecule has 0 amide bonds. The van der Waals surface area contributed by atoms with E-state index in [1.165, 1.54) is 12.8 Å². The topological polar surface area (TPSA) is 37.8 Å². The van der Waals surface area contributed by atoms with Crippen LogP contribution < -0.4 is 5.32 Å². The zero-order chi connectivity index (χ0) is 14.1. The minimum atomic E-state index is 0.558. The van der Waals surface area contributed by atoms with Crippen LogP contribution in [-0.2, 0) is 0 Å². The summed E-state index contributed by atoms with van der Waals surface area (Å²) in [5.74, 6) is 2.52. The molecular weight excluding hydrogens is 314 g/mol. The number of halogens is 1. The molecule has 2 aromatic rings. The van der Waals surface area contributed by atoms with Crippen molar-refractivity contribution >= 4 is 21.7 Å². The van der Waals surface area contributed by atoms with Crippen LogP contribution in [0.4, 0.5) is 5.82 Å². The Labute approximate surface area is 128 Å². The molecule has 104 valence electrons. The third-order valence-corrected chi connectivity index (χ3v) is 4.10. The van der Waals surface area contributed by atoms with Crippen molar-refractivity contribution in [1.82, 2.24) is 9.97 Å². The molecule has 0 saturated heterocycles. The second-order valence-corrected chi connectivity index (χ2v) is 6.13. The van der Waals surface area contributed by atoms with E-state index in [0.29, 0.717) is 5.92 Å². The lowest BCUT2D eigenvalue weighted by Crippen LogP contribution is -2.07. The van der Waals surface area contributed by atoms with E-state index in [4.69, 9.17) is 9.97 Å². The van der Waals surface area contributed by atoms with Gasteiger partial charge in [0.25, 0.3) is 0 Å². The smallest absolute Gasteiger partial charge is 0.134 e. The van der Waals surface area contributed by atoms with Gasteiger partial charge in [-0.2, -0.15) is 0 Å². The molecular formula is C16H18BrN3. The predicted octanol–water partition coefficient (Wildman–Crippen LogP) is 4.52. The van der Waals surface area contributed by atoms with E-state index < -0.39 is 0 Å². The first-order valence-corrected chi connectivity index (χ1v) is 7.86. The fourth-order valence-corrected chi connectivity index (χ4v) is 2.55. The van der Waals surface area contributed by atoms with Crippen molar-refractivity contribution in [3.8, 4) is 11.3 Å². The molecule has 0 atom stereocenters. The van der Waals surface area contributed by atoms with Crippen LogP contribution in [0.3, 0.4) is 0 Å². The van der Waals surface area contributed by atoms with Crippen molar-refractivity contribution < 1.29 is 0 Å². The standard InChI is InChI=1S/C16H18BrN3/c1-3-18-15-10(2)14(11-6-8-13(17)9-7-11)19-16(20-15)12-4-5-12/h6-9,12H,3-5H2,1-2H3,(H,18,19,20). The number of benzene rings is 1. The largest absolute Gasteiger partial charge is 0.370 e. The Morgan fingerprint density at radius 3 is 2.50 bits per heavy atom. The third-order valence-electron chi connectivity index (χ3n) is 3.57. The van der Waals surface area contributed by atoms with Crippen LogP contribution in [0.5, 0.6) is 0 Å². The molecule has 0 spiro atoms. The van der Waals surface area contributed by atoms with Gasteiger partial charge in [0.05, 0.1) is 5.69 Å². The summed E-state index contributed by atoms with van der Waals surface area (Å²) in [6.45, 7) is 5.06. The maximum absolute atomic E-state index is 4.81. The molecule has 1 aromatic heterocycles. The molecule has 3 rings (SSSR count). The highest BCUT2D eigenvalue weighted by atomic mass is 79.9. The maximum Gasteiger partial charge on any atom is 0.134 e. The molecule has 3 nitrogen and oxygen atoms in total. The quantitative estimate of drug-likeness (QED) is 0.894. The summed E-state index contributed by atoms with van der Waals surface area (Å²) in [5.41, 5.74) is 3.32. The molecule has 0 radical (unpaired) electrons. The van der Waals surface area contributed by atoms with Gasteiger partial charge in [0.1, 0.15) is 11.6 Å². The zero-order valence-corrected chi connectivity index (χ0v) is 13.4. The first kappa shape index (κ1) is 13.6. The average Bonchev–Trinajstić information content (AvgIpc) is 3.27. The number of anilines is 1. The Hall–Kier alpha value is -1.42. The van der Waals surface area contributed by atoms with Gasteiger partial charge in [-0.15, -0.1) is 0 Å². The third kappa shape index (κ3) is 2.70. The van der Waals surface area contributed by atoms with Crippen LogP contribution in [0.25, 0.3) is 11.3 Å². The monoisotopic (exact) mass is 331 g/mol. The molecule has 20 heavy (non-hydrogen) atoms. The van der Waals surface area contributed by atoms with Crippen molar-refractivity contribution in [2.75, 3.05) is 11.9 Å². The highest BCUT2D eigenvalue weighted by Gasteiger charge is 2.28. The predicted molar refractivity (Wildman–Crippen MR) is 86.0 cm³/mol. The van der Waals surface area contributed by atoms with Gasteiger partial charge in [0, 0.05) is 28.1 Å². The Morgan fingerprint density at radius 1 is 1.20 bits per heavy atom. The average molecular weight is 332 g/mol. The summed E-state index contributed by atoms with van der Waals surface area (Å²) < 4.78 is 1.09. The maximum atomic E-state index is 4.81. The highest BCUT2D eigenvalue weighted by molar-refractivity contribution is 9.10. The van der Waals surface area contributed by atoms with Crippen molar-refractivity contribution in [3.05, 3.63) is 40.1 Å². The molecule has 1 saturated carbocycles. The van der Waals surface area contributed by atoms with Gasteiger partial charge in [-0.3, -0.25) is 0 Å². The Bertz CT molecular complexity index is 618. The SMILES string of the molecule is CCNc1nc(C2CC2)nc(-c2ccc(Br)cc2)c1C. The lowest BCUT2D eigenvalue weighted by Gasteiger charge is -2.13. The summed E-state index contributed by atoms with van der Waals surface area (Å²) in [6.07, 6.45) is 2.43. The van der Waals surface area contributed by atoms with Gasteiger partial charge in [-0.25, -0.2) is 9.97 Å². The van der Waals surface area contributed by atoms with Crippen molar-refractivity contribution in [3.63, 3.8) is 0 Å². The van der Waals surface area contributed by atoms with Crippen LogP contribution in [0, 0.1) is 6.92 Å². The summed E-state index contributed by atoms with van der Waals surface area (Å²) in [4.78, 5) is 9.51. The van der Waals surface area contributed by atoms with Gasteiger partial charge in [-0.1, -0.05) is 28.1 Å². The lowest BCUT2D eigenvalue weighted by molar-refractivity contribution is 0.918. The van der Waals surface area contributed by atoms with Gasteiger partial charge >= 0.3 is 0 Å². The zero-order valence-electron chi connectivity index (χ0n) is 11.8. The summed E-state index contributed by atoms with van der Waals surface area (Å²) in [5, 5.41) is 3.36. The Balaban J connectivity index is 2.09. The van der Waals surface area contributed by atoms with Crippen molar-refractivity contribution in [2.24, 2.45) is 0 Å². The molecule has 4 heteroatoms. The van der Waals surface area contributed by atoms with Gasteiger partial charge in [-0.05, 0) is 38.8 Å². The van der Waals surface area contributed by atoms with Crippen LogP contribution in [0.15, 0.2) is 28.7 Å². The van der Waals surface area contributed by atoms with Crippen LogP contribution >= 0.6 is 15.9 Å². The number of rotatable bonds is 4. The summed E-state index contributed by atoms with van der Waals surface area (Å²) >= 11 is 3.48. The van der Waals surface area contributed by atoms with E-state index in [9.17, 15) is 0 Å². The lowest BCUT2D eigenvalue weighted by atomic mass is 10.1. The molecule has 1 aromatic carbocycles. The molecule has 0 bridgehead atoms. The number of aromatic nitrogens is 2. The van der Waals surface area contributed by atoms with E-state index in [0.717, 1.165) is 39.5 Å². The van der Waals surface area contributed by atoms with E-state index in [-0.39, 0.29) is 0 Å². The van der Waals surface area contributed by atoms with Gasteiger partial charge < -0.3 is 5.32 Å². The fourth-order valence-electron chi connectivity index (χ4n) is 2.29. The second-order valence-electron chi connectivity index (χ2n) is 5.22. The number of nitrogens with zero attached hydrogens (tertiary/aromatic N) is 2. The molecule has 0 unspecified atom stereocenters. The fraction of sp³-hybridized carbons (Fsp3) is 0.375. The van der Waals surface area contributed by atoms with E-state index in [2.05, 4.69) is 59.4 Å². The normalized spacial score (nSPS) is 14.3. The van der Waals surface area contributed by atoms with Crippen LogP contribution in [0.2, 0.25) is 0 Å². The minimum absolute atomic E-state index is 0.558. The van der Waals surface area contributed by atoms with E-state index in [1.54, 1.807) is 0 Å². The van der Waals surface area contributed by atoms with Crippen LogP contribution in [-0.4, -0.2) is 16.5 Å². The number of hydrogen-bond donors (Lipinski definition) is 1.